The molecule has 2 aromatic rings. The van der Waals surface area contributed by atoms with Gasteiger partial charge in [-0.2, -0.15) is 0 Å². The van der Waals surface area contributed by atoms with E-state index in [2.05, 4.69) is 23.7 Å². The van der Waals surface area contributed by atoms with Crippen molar-refractivity contribution < 1.29 is 4.79 Å². The van der Waals surface area contributed by atoms with Gasteiger partial charge in [0.2, 0.25) is 0 Å². The van der Waals surface area contributed by atoms with Crippen molar-refractivity contribution in [2.45, 2.75) is 27.2 Å². The first-order valence-corrected chi connectivity index (χ1v) is 7.72. The Labute approximate surface area is 129 Å². The van der Waals surface area contributed by atoms with Gasteiger partial charge in [0, 0.05) is 19.3 Å². The summed E-state index contributed by atoms with van der Waals surface area (Å²) >= 11 is 0. The monoisotopic (exact) mass is 299 g/mol. The fourth-order valence-electron chi connectivity index (χ4n) is 3.43. The van der Waals surface area contributed by atoms with E-state index in [0.717, 1.165) is 18.7 Å². The van der Waals surface area contributed by atoms with Crippen molar-refractivity contribution in [3.63, 3.8) is 0 Å². The van der Waals surface area contributed by atoms with Gasteiger partial charge < -0.3 is 4.90 Å². The summed E-state index contributed by atoms with van der Waals surface area (Å²) < 4.78 is 1.46. The van der Waals surface area contributed by atoms with E-state index < -0.39 is 0 Å². The Morgan fingerprint density at radius 2 is 1.91 bits per heavy atom. The summed E-state index contributed by atoms with van der Waals surface area (Å²) in [5.41, 5.74) is 1.41. The Balaban J connectivity index is 2.19. The van der Waals surface area contributed by atoms with Crippen molar-refractivity contribution >= 4 is 17.8 Å². The lowest BCUT2D eigenvalue weighted by molar-refractivity contribution is 0.112. The lowest BCUT2D eigenvalue weighted by Crippen LogP contribution is -2.41. The van der Waals surface area contributed by atoms with Crippen molar-refractivity contribution in [1.29, 1.82) is 0 Å². The minimum atomic E-state index is -0.287. The number of piperidine rings is 1. The molecule has 0 aliphatic carbocycles. The third kappa shape index (κ3) is 2.51. The molecular weight excluding hydrogens is 278 g/mol. The number of aryl methyl sites for hydroxylation is 1. The SMILES string of the molecule is Cc1ccc2nc(N3CC(C)CC(C)C3)c(C=O)c(=O)n2c1. The second-order valence-corrected chi connectivity index (χ2v) is 6.56. The molecule has 3 heterocycles. The average molecular weight is 299 g/mol. The highest BCUT2D eigenvalue weighted by Crippen LogP contribution is 2.26. The van der Waals surface area contributed by atoms with E-state index >= 15 is 0 Å². The molecular formula is C17H21N3O2. The van der Waals surface area contributed by atoms with Crippen LogP contribution in [-0.2, 0) is 0 Å². The van der Waals surface area contributed by atoms with Gasteiger partial charge in [-0.15, -0.1) is 0 Å². The number of hydrogen-bond acceptors (Lipinski definition) is 4. The van der Waals surface area contributed by atoms with Crippen LogP contribution in [0.4, 0.5) is 5.82 Å². The van der Waals surface area contributed by atoms with Crippen molar-refractivity contribution in [2.75, 3.05) is 18.0 Å². The second-order valence-electron chi connectivity index (χ2n) is 6.56. The highest BCUT2D eigenvalue weighted by atomic mass is 16.1. The fourth-order valence-corrected chi connectivity index (χ4v) is 3.43. The van der Waals surface area contributed by atoms with E-state index in [1.807, 2.05) is 19.1 Å². The molecule has 0 spiro atoms. The molecule has 3 rings (SSSR count). The molecule has 0 amide bonds. The van der Waals surface area contributed by atoms with Gasteiger partial charge in [0.05, 0.1) is 0 Å². The summed E-state index contributed by atoms with van der Waals surface area (Å²) in [5.74, 6) is 1.59. The van der Waals surface area contributed by atoms with Crippen LogP contribution in [0.2, 0.25) is 0 Å². The topological polar surface area (TPSA) is 54.7 Å². The molecule has 1 fully saturated rings. The lowest BCUT2D eigenvalue weighted by atomic mass is 9.92. The number of nitrogens with zero attached hydrogens (tertiary/aromatic N) is 3. The Morgan fingerprint density at radius 1 is 1.23 bits per heavy atom. The van der Waals surface area contributed by atoms with Gasteiger partial charge in [-0.05, 0) is 36.8 Å². The first-order chi connectivity index (χ1) is 10.5. The molecule has 1 aliphatic heterocycles. The number of fused-ring (bicyclic) bond motifs is 1. The normalized spacial score (nSPS) is 22.0. The average Bonchev–Trinajstić information content (AvgIpc) is 2.46. The van der Waals surface area contributed by atoms with Crippen molar-refractivity contribution in [3.05, 3.63) is 39.8 Å². The molecule has 0 bridgehead atoms. The highest BCUT2D eigenvalue weighted by molar-refractivity contribution is 5.83. The molecule has 1 aliphatic rings. The van der Waals surface area contributed by atoms with Gasteiger partial charge >= 0.3 is 0 Å². The van der Waals surface area contributed by atoms with Crippen LogP contribution in [0.25, 0.3) is 5.65 Å². The summed E-state index contributed by atoms with van der Waals surface area (Å²) in [6, 6.07) is 3.75. The summed E-state index contributed by atoms with van der Waals surface area (Å²) in [6.45, 7) is 7.97. The summed E-state index contributed by atoms with van der Waals surface area (Å²) in [5, 5.41) is 0. The first-order valence-electron chi connectivity index (χ1n) is 7.72. The van der Waals surface area contributed by atoms with Crippen molar-refractivity contribution in [2.24, 2.45) is 11.8 Å². The largest absolute Gasteiger partial charge is 0.355 e. The Morgan fingerprint density at radius 3 is 2.55 bits per heavy atom. The summed E-state index contributed by atoms with van der Waals surface area (Å²) in [7, 11) is 0. The maximum absolute atomic E-state index is 12.6. The van der Waals surface area contributed by atoms with Crippen molar-refractivity contribution in [1.82, 2.24) is 9.38 Å². The van der Waals surface area contributed by atoms with Gasteiger partial charge in [0.25, 0.3) is 5.56 Å². The molecule has 5 heteroatoms. The number of anilines is 1. The molecule has 116 valence electrons. The quantitative estimate of drug-likeness (QED) is 0.798. The predicted molar refractivity (Wildman–Crippen MR) is 86.7 cm³/mol. The van der Waals surface area contributed by atoms with E-state index in [1.165, 1.54) is 10.8 Å². The van der Waals surface area contributed by atoms with Crippen LogP contribution < -0.4 is 10.5 Å². The number of rotatable bonds is 2. The molecule has 2 unspecified atom stereocenters. The van der Waals surface area contributed by atoms with Crippen LogP contribution in [0.5, 0.6) is 0 Å². The van der Waals surface area contributed by atoms with Crippen LogP contribution >= 0.6 is 0 Å². The molecule has 0 radical (unpaired) electrons. The van der Waals surface area contributed by atoms with Gasteiger partial charge in [0.15, 0.2) is 6.29 Å². The minimum Gasteiger partial charge on any atom is -0.355 e. The van der Waals surface area contributed by atoms with E-state index in [-0.39, 0.29) is 11.1 Å². The number of aldehydes is 1. The number of carbonyl (C=O) groups is 1. The fraction of sp³-hybridized carbons (Fsp3) is 0.471. The lowest BCUT2D eigenvalue weighted by Gasteiger charge is -2.36. The van der Waals surface area contributed by atoms with E-state index in [4.69, 9.17) is 0 Å². The smallest absolute Gasteiger partial charge is 0.270 e. The number of aromatic nitrogens is 2. The molecule has 2 aromatic heterocycles. The number of hydrogen-bond donors (Lipinski definition) is 0. The van der Waals surface area contributed by atoms with Gasteiger partial charge in [-0.3, -0.25) is 14.0 Å². The Kier molecular flexibility index (Phi) is 3.72. The third-order valence-electron chi connectivity index (χ3n) is 4.27. The third-order valence-corrected chi connectivity index (χ3v) is 4.27. The van der Waals surface area contributed by atoms with Gasteiger partial charge in [-0.1, -0.05) is 19.9 Å². The first kappa shape index (κ1) is 14.8. The van der Waals surface area contributed by atoms with Crippen molar-refractivity contribution in [3.8, 4) is 0 Å². The number of pyridine rings is 1. The molecule has 1 saturated heterocycles. The Hall–Kier alpha value is -2.17. The van der Waals surface area contributed by atoms with Crippen LogP contribution in [0, 0.1) is 18.8 Å². The molecule has 0 N–H and O–H groups in total. The molecule has 22 heavy (non-hydrogen) atoms. The van der Waals surface area contributed by atoms with E-state index in [1.54, 1.807) is 6.20 Å². The van der Waals surface area contributed by atoms with E-state index in [9.17, 15) is 9.59 Å². The van der Waals surface area contributed by atoms with Gasteiger partial charge in [-0.25, -0.2) is 4.98 Å². The van der Waals surface area contributed by atoms with Crippen LogP contribution in [0.1, 0.15) is 36.2 Å². The molecule has 0 aromatic carbocycles. The summed E-state index contributed by atoms with van der Waals surface area (Å²) in [6.07, 6.45) is 3.53. The van der Waals surface area contributed by atoms with E-state index in [0.29, 0.717) is 29.6 Å². The second kappa shape index (κ2) is 5.55. The summed E-state index contributed by atoms with van der Waals surface area (Å²) in [4.78, 5) is 30.8. The Bertz CT molecular complexity index is 771. The van der Waals surface area contributed by atoms with Gasteiger partial charge in [0.1, 0.15) is 17.0 Å². The maximum Gasteiger partial charge on any atom is 0.270 e. The molecule has 5 nitrogen and oxygen atoms in total. The highest BCUT2D eigenvalue weighted by Gasteiger charge is 2.26. The zero-order valence-corrected chi connectivity index (χ0v) is 13.2. The standard InChI is InChI=1S/C17H21N3O2/c1-11-4-5-15-18-16(14(10-21)17(22)20(15)9-11)19-7-12(2)6-13(3)8-19/h4-5,9-10,12-13H,6-8H2,1-3H3. The molecule has 0 saturated carbocycles. The van der Waals surface area contributed by atoms with Crippen LogP contribution in [0.15, 0.2) is 23.1 Å². The maximum atomic E-state index is 12.6. The van der Waals surface area contributed by atoms with Crippen LogP contribution in [-0.4, -0.2) is 28.8 Å². The zero-order valence-electron chi connectivity index (χ0n) is 13.2. The number of carbonyl (C=O) groups excluding carboxylic acids is 1. The minimum absolute atomic E-state index is 0.157. The molecule has 2 atom stereocenters. The zero-order chi connectivity index (χ0) is 15.9. The predicted octanol–water partition coefficient (Wildman–Crippen LogP) is 2.30. The van der Waals surface area contributed by atoms with Crippen LogP contribution in [0.3, 0.4) is 0 Å².